The van der Waals surface area contributed by atoms with Crippen LogP contribution in [0.1, 0.15) is 6.92 Å². The van der Waals surface area contributed by atoms with Crippen molar-refractivity contribution in [3.8, 4) is 5.75 Å². The summed E-state index contributed by atoms with van der Waals surface area (Å²) in [6.45, 7) is 5.74. The van der Waals surface area contributed by atoms with Gasteiger partial charge in [-0.1, -0.05) is 25.1 Å². The minimum Gasteiger partial charge on any atom is -0.495 e. The Morgan fingerprint density at radius 2 is 1.80 bits per heavy atom. The largest absolute Gasteiger partial charge is 0.495 e. The summed E-state index contributed by atoms with van der Waals surface area (Å²) < 4.78 is 5.26. The third kappa shape index (κ3) is 5.70. The lowest BCUT2D eigenvalue weighted by molar-refractivity contribution is -0.133. The van der Waals surface area contributed by atoms with E-state index >= 15 is 0 Å². The van der Waals surface area contributed by atoms with Crippen molar-refractivity contribution in [2.75, 3.05) is 63.1 Å². The zero-order chi connectivity index (χ0) is 21.3. The number of carbonyl (C=O) groups is 2. The normalized spacial score (nSPS) is 14.0. The van der Waals surface area contributed by atoms with Crippen LogP contribution in [0.15, 0.2) is 48.7 Å². The molecule has 1 N–H and O–H groups in total. The summed E-state index contributed by atoms with van der Waals surface area (Å²) in [6, 6.07) is 13.1. The van der Waals surface area contributed by atoms with E-state index in [2.05, 4.69) is 15.2 Å². The average Bonchev–Trinajstić information content (AvgIpc) is 2.79. The van der Waals surface area contributed by atoms with E-state index in [0.717, 1.165) is 18.9 Å². The van der Waals surface area contributed by atoms with Crippen LogP contribution in [-0.4, -0.2) is 79.5 Å². The highest BCUT2D eigenvalue weighted by Crippen LogP contribution is 2.22. The summed E-state index contributed by atoms with van der Waals surface area (Å²) in [5.41, 5.74) is 0.623. The summed E-state index contributed by atoms with van der Waals surface area (Å²) in [4.78, 5) is 35.5. The van der Waals surface area contributed by atoms with Crippen LogP contribution in [0.25, 0.3) is 0 Å². The molecular weight excluding hydrogens is 382 g/mol. The summed E-state index contributed by atoms with van der Waals surface area (Å²) in [7, 11) is 1.57. The van der Waals surface area contributed by atoms with Crippen LogP contribution in [0.4, 0.5) is 11.5 Å². The molecule has 3 rings (SSSR count). The molecule has 0 spiro atoms. The number of methoxy groups -OCH3 is 1. The molecule has 160 valence electrons. The fourth-order valence-electron chi connectivity index (χ4n) is 3.44. The molecule has 30 heavy (non-hydrogen) atoms. The van der Waals surface area contributed by atoms with Gasteiger partial charge in [0.1, 0.15) is 11.6 Å². The molecule has 1 saturated heterocycles. The van der Waals surface area contributed by atoms with Crippen molar-refractivity contribution in [3.05, 3.63) is 48.7 Å². The number of likely N-dealkylation sites (N-methyl/N-ethyl adjacent to an activating group) is 1. The molecule has 1 aromatic heterocycles. The second-order valence-corrected chi connectivity index (χ2v) is 7.11. The van der Waals surface area contributed by atoms with E-state index < -0.39 is 0 Å². The van der Waals surface area contributed by atoms with Crippen LogP contribution in [0, 0.1) is 0 Å². The van der Waals surface area contributed by atoms with Crippen molar-refractivity contribution >= 4 is 23.3 Å². The van der Waals surface area contributed by atoms with Crippen LogP contribution >= 0.6 is 0 Å². The lowest BCUT2D eigenvalue weighted by Gasteiger charge is -2.36. The first-order valence-electron chi connectivity index (χ1n) is 10.2. The number of nitrogens with zero attached hydrogens (tertiary/aromatic N) is 4. The highest BCUT2D eigenvalue weighted by molar-refractivity contribution is 5.94. The first-order chi connectivity index (χ1) is 14.6. The van der Waals surface area contributed by atoms with E-state index in [4.69, 9.17) is 4.74 Å². The number of nitrogens with one attached hydrogen (secondary N) is 1. The zero-order valence-corrected chi connectivity index (χ0v) is 17.6. The molecule has 0 aliphatic carbocycles. The van der Waals surface area contributed by atoms with Gasteiger partial charge in [0.15, 0.2) is 0 Å². The fourth-order valence-corrected chi connectivity index (χ4v) is 3.44. The predicted molar refractivity (Wildman–Crippen MR) is 117 cm³/mol. The average molecular weight is 412 g/mol. The highest BCUT2D eigenvalue weighted by Gasteiger charge is 2.23. The fraction of sp³-hybridized carbons (Fsp3) is 0.409. The molecular formula is C22H29N5O3. The Balaban J connectivity index is 1.48. The number of rotatable bonds is 8. The Morgan fingerprint density at radius 1 is 1.07 bits per heavy atom. The van der Waals surface area contributed by atoms with Crippen LogP contribution in [0.5, 0.6) is 5.75 Å². The van der Waals surface area contributed by atoms with Crippen molar-refractivity contribution in [1.82, 2.24) is 14.8 Å². The molecule has 1 aliphatic rings. The quantitative estimate of drug-likeness (QED) is 0.713. The van der Waals surface area contributed by atoms with Crippen molar-refractivity contribution in [3.63, 3.8) is 0 Å². The molecule has 8 heteroatoms. The Bertz CT molecular complexity index is 838. The van der Waals surface area contributed by atoms with Gasteiger partial charge in [-0.2, -0.15) is 0 Å². The van der Waals surface area contributed by atoms with Crippen molar-refractivity contribution in [2.24, 2.45) is 0 Å². The van der Waals surface area contributed by atoms with E-state index in [9.17, 15) is 9.59 Å². The van der Waals surface area contributed by atoms with E-state index in [1.165, 1.54) is 0 Å². The summed E-state index contributed by atoms with van der Waals surface area (Å²) in [6.07, 6.45) is 1.78. The van der Waals surface area contributed by atoms with Gasteiger partial charge < -0.3 is 19.9 Å². The third-order valence-corrected chi connectivity index (χ3v) is 5.16. The molecule has 0 bridgehead atoms. The van der Waals surface area contributed by atoms with E-state index in [1.54, 1.807) is 25.4 Å². The highest BCUT2D eigenvalue weighted by atomic mass is 16.5. The maximum atomic E-state index is 12.7. The van der Waals surface area contributed by atoms with Crippen molar-refractivity contribution in [2.45, 2.75) is 6.92 Å². The molecule has 1 fully saturated rings. The number of pyridine rings is 1. The Morgan fingerprint density at radius 3 is 2.47 bits per heavy atom. The number of amides is 2. The third-order valence-electron chi connectivity index (χ3n) is 5.16. The molecule has 0 unspecified atom stereocenters. The zero-order valence-electron chi connectivity index (χ0n) is 17.6. The maximum Gasteiger partial charge on any atom is 0.238 e. The number of piperazine rings is 1. The van der Waals surface area contributed by atoms with Gasteiger partial charge in [-0.25, -0.2) is 4.98 Å². The van der Waals surface area contributed by atoms with Gasteiger partial charge in [-0.05, 0) is 30.8 Å². The summed E-state index contributed by atoms with van der Waals surface area (Å²) >= 11 is 0. The number of carbonyl (C=O) groups excluding carboxylic acids is 2. The van der Waals surface area contributed by atoms with Crippen LogP contribution in [0.3, 0.4) is 0 Å². The maximum absolute atomic E-state index is 12.7. The monoisotopic (exact) mass is 411 g/mol. The number of hydrogen-bond acceptors (Lipinski definition) is 6. The first-order valence-corrected chi connectivity index (χ1v) is 10.2. The Hall–Kier alpha value is -3.13. The number of ether oxygens (including phenoxy) is 1. The van der Waals surface area contributed by atoms with Gasteiger partial charge >= 0.3 is 0 Å². The minimum atomic E-state index is -0.172. The number of hydrogen-bond donors (Lipinski definition) is 1. The lowest BCUT2D eigenvalue weighted by atomic mass is 10.2. The van der Waals surface area contributed by atoms with Gasteiger partial charge in [0.05, 0.1) is 25.9 Å². The van der Waals surface area contributed by atoms with Gasteiger partial charge in [0, 0.05) is 32.4 Å². The number of benzene rings is 1. The van der Waals surface area contributed by atoms with Crippen molar-refractivity contribution < 1.29 is 14.3 Å². The Kier molecular flexibility index (Phi) is 7.62. The molecule has 2 aromatic rings. The minimum absolute atomic E-state index is 0.0441. The number of aromatic nitrogens is 1. The van der Waals surface area contributed by atoms with E-state index in [0.29, 0.717) is 31.1 Å². The van der Waals surface area contributed by atoms with Gasteiger partial charge in [0.25, 0.3) is 0 Å². The summed E-state index contributed by atoms with van der Waals surface area (Å²) in [5, 5.41) is 2.86. The molecule has 8 nitrogen and oxygen atoms in total. The smallest absolute Gasteiger partial charge is 0.238 e. The second kappa shape index (κ2) is 10.6. The standard InChI is InChI=1S/C22H29N5O3/c1-3-25(16-21(28)24-18-8-4-5-9-19(18)30-2)17-22(29)27-14-12-26(13-15-27)20-10-6-7-11-23-20/h4-11H,3,12-17H2,1-2H3,(H,24,28). The van der Waals surface area contributed by atoms with E-state index in [-0.39, 0.29) is 24.9 Å². The molecule has 1 aromatic carbocycles. The molecule has 2 amide bonds. The van der Waals surface area contributed by atoms with Crippen LogP contribution in [0.2, 0.25) is 0 Å². The molecule has 0 atom stereocenters. The molecule has 0 radical (unpaired) electrons. The van der Waals surface area contributed by atoms with Crippen LogP contribution in [-0.2, 0) is 9.59 Å². The first kappa shape index (κ1) is 21.6. The predicted octanol–water partition coefficient (Wildman–Crippen LogP) is 1.70. The lowest BCUT2D eigenvalue weighted by Crippen LogP contribution is -2.52. The summed E-state index contributed by atoms with van der Waals surface area (Å²) in [5.74, 6) is 1.42. The van der Waals surface area contributed by atoms with Gasteiger partial charge in [-0.3, -0.25) is 14.5 Å². The molecule has 0 saturated carbocycles. The van der Waals surface area contributed by atoms with Gasteiger partial charge in [-0.15, -0.1) is 0 Å². The topological polar surface area (TPSA) is 78.0 Å². The molecule has 1 aliphatic heterocycles. The second-order valence-electron chi connectivity index (χ2n) is 7.11. The Labute approximate surface area is 177 Å². The van der Waals surface area contributed by atoms with Gasteiger partial charge in [0.2, 0.25) is 11.8 Å². The van der Waals surface area contributed by atoms with Crippen molar-refractivity contribution in [1.29, 1.82) is 0 Å². The number of anilines is 2. The number of para-hydroxylation sites is 2. The van der Waals surface area contributed by atoms with E-state index in [1.807, 2.05) is 47.1 Å². The SMILES string of the molecule is CCN(CC(=O)Nc1ccccc1OC)CC(=O)N1CCN(c2ccccn2)CC1. The molecule has 2 heterocycles. The van der Waals surface area contributed by atoms with Crippen LogP contribution < -0.4 is 15.0 Å².